The minimum absolute atomic E-state index is 0.433. The lowest BCUT2D eigenvalue weighted by Crippen LogP contribution is -2.62. The summed E-state index contributed by atoms with van der Waals surface area (Å²) >= 11 is 0. The van der Waals surface area contributed by atoms with Gasteiger partial charge in [-0.2, -0.15) is 0 Å². The maximum atomic E-state index is 11.7. The number of piperidine rings is 2. The van der Waals surface area contributed by atoms with Gasteiger partial charge in [-0.1, -0.05) is 49.6 Å². The molecule has 4 unspecified atom stereocenters. The van der Waals surface area contributed by atoms with Crippen LogP contribution < -0.4 is 0 Å². The summed E-state index contributed by atoms with van der Waals surface area (Å²) in [6, 6.07) is 11.7. The Bertz CT molecular complexity index is 488. The molecule has 1 aromatic carbocycles. The van der Waals surface area contributed by atoms with Crippen molar-refractivity contribution in [2.24, 2.45) is 5.92 Å². The Morgan fingerprint density at radius 2 is 1.71 bits per heavy atom. The zero-order valence-electron chi connectivity index (χ0n) is 12.9. The molecule has 1 aliphatic carbocycles. The van der Waals surface area contributed by atoms with Crippen LogP contribution in [0.2, 0.25) is 0 Å². The van der Waals surface area contributed by atoms with Crippen molar-refractivity contribution in [3.63, 3.8) is 0 Å². The highest BCUT2D eigenvalue weighted by atomic mass is 16.3. The van der Waals surface area contributed by atoms with E-state index in [2.05, 4.69) is 35.2 Å². The molecule has 2 nitrogen and oxygen atoms in total. The van der Waals surface area contributed by atoms with Gasteiger partial charge >= 0.3 is 0 Å². The van der Waals surface area contributed by atoms with Gasteiger partial charge in [0.2, 0.25) is 0 Å². The molecular formula is C19H27NO. The van der Waals surface area contributed by atoms with Crippen LogP contribution in [-0.2, 0) is 5.60 Å². The third-order valence-electron chi connectivity index (χ3n) is 6.26. The highest BCUT2D eigenvalue weighted by molar-refractivity contribution is 5.26. The Kier molecular flexibility index (Phi) is 3.55. The minimum Gasteiger partial charge on any atom is -0.385 e. The molecule has 0 radical (unpaired) electrons. The molecular weight excluding hydrogens is 258 g/mol. The van der Waals surface area contributed by atoms with Crippen molar-refractivity contribution in [2.75, 3.05) is 6.54 Å². The normalized spacial score (nSPS) is 40.3. The number of benzene rings is 1. The number of rotatable bonds is 1. The van der Waals surface area contributed by atoms with Crippen molar-refractivity contribution in [3.05, 3.63) is 35.9 Å². The fourth-order valence-corrected chi connectivity index (χ4v) is 5.31. The van der Waals surface area contributed by atoms with Gasteiger partial charge in [0, 0.05) is 18.0 Å². The van der Waals surface area contributed by atoms with Gasteiger partial charge in [-0.15, -0.1) is 0 Å². The molecule has 3 fully saturated rings. The third kappa shape index (κ3) is 2.24. The molecule has 21 heavy (non-hydrogen) atoms. The predicted octanol–water partition coefficient (Wildman–Crippen LogP) is 3.69. The summed E-state index contributed by atoms with van der Waals surface area (Å²) < 4.78 is 0. The lowest BCUT2D eigenvalue weighted by molar-refractivity contribution is -0.150. The van der Waals surface area contributed by atoms with Gasteiger partial charge < -0.3 is 5.11 Å². The van der Waals surface area contributed by atoms with Crippen molar-refractivity contribution < 1.29 is 5.11 Å². The van der Waals surface area contributed by atoms with Crippen LogP contribution in [0, 0.1) is 5.92 Å². The van der Waals surface area contributed by atoms with E-state index in [-0.39, 0.29) is 0 Å². The smallest absolute Gasteiger partial charge is 0.0954 e. The number of hydrogen-bond acceptors (Lipinski definition) is 2. The maximum absolute atomic E-state index is 11.7. The van der Waals surface area contributed by atoms with E-state index in [0.29, 0.717) is 18.0 Å². The lowest BCUT2D eigenvalue weighted by Gasteiger charge is -2.57. The quantitative estimate of drug-likeness (QED) is 0.850. The first kappa shape index (κ1) is 13.8. The molecule has 2 heteroatoms. The summed E-state index contributed by atoms with van der Waals surface area (Å²) in [5.41, 5.74) is 0.567. The summed E-state index contributed by atoms with van der Waals surface area (Å²) in [5, 5.41) is 11.7. The van der Waals surface area contributed by atoms with Gasteiger partial charge in [0.05, 0.1) is 5.60 Å². The van der Waals surface area contributed by atoms with E-state index in [4.69, 9.17) is 0 Å². The second-order valence-electron chi connectivity index (χ2n) is 7.34. The van der Waals surface area contributed by atoms with E-state index in [1.807, 2.05) is 0 Å². The molecule has 1 aromatic rings. The first-order valence-electron chi connectivity index (χ1n) is 8.83. The van der Waals surface area contributed by atoms with Crippen LogP contribution in [0.3, 0.4) is 0 Å². The van der Waals surface area contributed by atoms with Crippen molar-refractivity contribution >= 4 is 0 Å². The summed E-state index contributed by atoms with van der Waals surface area (Å²) in [5.74, 6) is 0.433. The van der Waals surface area contributed by atoms with Crippen LogP contribution in [0.25, 0.3) is 0 Å². The summed E-state index contributed by atoms with van der Waals surface area (Å²) in [4.78, 5) is 2.77. The molecule has 0 bridgehead atoms. The average Bonchev–Trinajstić information content (AvgIpc) is 2.56. The molecule has 4 rings (SSSR count). The SMILES string of the molecule is OC1(c2ccccc2)CC2CCCCN2C2CCCCC21. The first-order chi connectivity index (χ1) is 10.3. The molecule has 2 aliphatic heterocycles. The topological polar surface area (TPSA) is 23.5 Å². The van der Waals surface area contributed by atoms with Gasteiger partial charge in [0.25, 0.3) is 0 Å². The Hall–Kier alpha value is -0.860. The van der Waals surface area contributed by atoms with Crippen LogP contribution in [0.1, 0.15) is 56.9 Å². The highest BCUT2D eigenvalue weighted by Gasteiger charge is 2.52. The fourth-order valence-electron chi connectivity index (χ4n) is 5.31. The van der Waals surface area contributed by atoms with Gasteiger partial charge in [-0.25, -0.2) is 0 Å². The molecule has 2 heterocycles. The average molecular weight is 285 g/mol. The number of aliphatic hydroxyl groups is 1. The number of nitrogens with zero attached hydrogens (tertiary/aromatic N) is 1. The highest BCUT2D eigenvalue weighted by Crippen LogP contribution is 2.50. The van der Waals surface area contributed by atoms with E-state index < -0.39 is 5.60 Å². The second kappa shape index (κ2) is 5.40. The molecule has 2 saturated heterocycles. The predicted molar refractivity (Wildman–Crippen MR) is 85.0 cm³/mol. The monoisotopic (exact) mass is 285 g/mol. The molecule has 114 valence electrons. The van der Waals surface area contributed by atoms with Crippen LogP contribution in [0.5, 0.6) is 0 Å². The summed E-state index contributed by atoms with van der Waals surface area (Å²) in [6.45, 7) is 1.26. The zero-order valence-corrected chi connectivity index (χ0v) is 12.9. The molecule has 1 N–H and O–H groups in total. The largest absolute Gasteiger partial charge is 0.385 e. The van der Waals surface area contributed by atoms with E-state index in [9.17, 15) is 5.11 Å². The summed E-state index contributed by atoms with van der Waals surface area (Å²) in [7, 11) is 0. The molecule has 0 spiro atoms. The molecule has 0 amide bonds. The Morgan fingerprint density at radius 1 is 0.952 bits per heavy atom. The Balaban J connectivity index is 1.72. The van der Waals surface area contributed by atoms with Crippen molar-refractivity contribution in [3.8, 4) is 0 Å². The van der Waals surface area contributed by atoms with E-state index in [0.717, 1.165) is 12.0 Å². The Morgan fingerprint density at radius 3 is 2.57 bits per heavy atom. The van der Waals surface area contributed by atoms with E-state index in [1.54, 1.807) is 0 Å². The molecule has 1 saturated carbocycles. The Labute approximate surface area is 128 Å². The van der Waals surface area contributed by atoms with Crippen molar-refractivity contribution in [1.82, 2.24) is 4.90 Å². The second-order valence-corrected chi connectivity index (χ2v) is 7.34. The van der Waals surface area contributed by atoms with Crippen LogP contribution in [0.4, 0.5) is 0 Å². The van der Waals surface area contributed by atoms with Crippen LogP contribution >= 0.6 is 0 Å². The molecule has 0 aromatic heterocycles. The fraction of sp³-hybridized carbons (Fsp3) is 0.684. The minimum atomic E-state index is -0.592. The number of hydrogen-bond donors (Lipinski definition) is 1. The maximum Gasteiger partial charge on any atom is 0.0954 e. The standard InChI is InChI=1S/C19H27NO/c21-19(15-8-2-1-3-9-15)14-16-10-6-7-13-20(16)18-12-5-4-11-17(18)19/h1-3,8-9,16-18,21H,4-7,10-14H2. The van der Waals surface area contributed by atoms with Crippen molar-refractivity contribution in [1.29, 1.82) is 0 Å². The lowest BCUT2D eigenvalue weighted by atomic mass is 9.63. The van der Waals surface area contributed by atoms with E-state index >= 15 is 0 Å². The molecule has 4 atom stereocenters. The van der Waals surface area contributed by atoms with Gasteiger partial charge in [0.1, 0.15) is 0 Å². The summed E-state index contributed by atoms with van der Waals surface area (Å²) in [6.07, 6.45) is 10.0. The van der Waals surface area contributed by atoms with Crippen LogP contribution in [-0.4, -0.2) is 28.6 Å². The van der Waals surface area contributed by atoms with Crippen molar-refractivity contribution in [2.45, 2.75) is 69.1 Å². The van der Waals surface area contributed by atoms with Crippen LogP contribution in [0.15, 0.2) is 30.3 Å². The van der Waals surface area contributed by atoms with Gasteiger partial charge in [-0.3, -0.25) is 4.90 Å². The van der Waals surface area contributed by atoms with Gasteiger partial charge in [-0.05, 0) is 44.2 Å². The van der Waals surface area contributed by atoms with Gasteiger partial charge in [0.15, 0.2) is 0 Å². The molecule has 3 aliphatic rings. The number of fused-ring (bicyclic) bond motifs is 3. The van der Waals surface area contributed by atoms with E-state index in [1.165, 1.54) is 51.5 Å². The first-order valence-corrected chi connectivity index (χ1v) is 8.83. The zero-order chi connectivity index (χ0) is 14.3. The third-order valence-corrected chi connectivity index (χ3v) is 6.26.